The van der Waals surface area contributed by atoms with E-state index < -0.39 is 93.8 Å². The van der Waals surface area contributed by atoms with Crippen molar-refractivity contribution in [3.8, 4) is 23.0 Å². The van der Waals surface area contributed by atoms with Gasteiger partial charge in [0.05, 0.1) is 110 Å². The van der Waals surface area contributed by atoms with E-state index in [1.807, 2.05) is 0 Å². The van der Waals surface area contributed by atoms with E-state index in [-0.39, 0.29) is 132 Å². The molecular weight excluding hydrogens is 1480 g/mol. The van der Waals surface area contributed by atoms with Crippen molar-refractivity contribution in [1.29, 1.82) is 0 Å². The number of allylic oxidation sites excluding steroid dienone is 4. The summed E-state index contributed by atoms with van der Waals surface area (Å²) in [4.78, 5) is 65.6. The van der Waals surface area contributed by atoms with Crippen LogP contribution in [0.1, 0.15) is 97.3 Å². The monoisotopic (exact) mass is 1520 g/mol. The van der Waals surface area contributed by atoms with Crippen LogP contribution in [-0.2, 0) is 24.7 Å². The molecule has 0 atom stereocenters. The van der Waals surface area contributed by atoms with Crippen LogP contribution in [-0.4, -0.2) is 44.7 Å². The molecule has 29 heteroatoms. The third-order valence-electron chi connectivity index (χ3n) is 16.8. The molecule has 0 fully saturated rings. The average Bonchev–Trinajstić information content (AvgIpc) is 1.57. The molecule has 0 unspecified atom stereocenters. The highest BCUT2D eigenvalue weighted by Crippen LogP contribution is 2.48. The van der Waals surface area contributed by atoms with E-state index in [2.05, 4.69) is 5.53 Å². The first-order chi connectivity index (χ1) is 49.9. The molecule has 8 aromatic carbocycles. The molecule has 0 radical (unpaired) electrons. The second-order valence-corrected chi connectivity index (χ2v) is 24.7. The first-order valence-electron chi connectivity index (χ1n) is 30.6. The first kappa shape index (κ1) is 70.4. The van der Waals surface area contributed by atoms with Crippen molar-refractivity contribution in [2.75, 3.05) is 5.53 Å². The van der Waals surface area contributed by atoms with Crippen molar-refractivity contribution in [3.05, 3.63) is 339 Å². The minimum absolute atomic E-state index is 0.0637. The maximum atomic E-state index is 14.1. The van der Waals surface area contributed by atoms with Crippen LogP contribution in [0.3, 0.4) is 0 Å². The molecule has 0 spiro atoms. The van der Waals surface area contributed by atoms with Crippen LogP contribution in [0.2, 0.25) is 0 Å². The highest BCUT2D eigenvalue weighted by Gasteiger charge is 2.41. The van der Waals surface area contributed by atoms with Gasteiger partial charge in [-0.15, -0.1) is 0 Å². The number of halogens is 16. The third kappa shape index (κ3) is 13.3. The zero-order chi connectivity index (χ0) is 74.3. The molecule has 2 aromatic heterocycles. The SMILES string of the molecule is O=C(Oc1ccccc1C(F)(F)F)c1ccc(C2=C3N=C(C(Cl)=C3Cl)C(c3ccc(C(=O)Oc4ccccc4C(F)(F)F)cc3)=c3ccc4n3Nn3c2ccc3C(c2ccc(C(=O)Oc3ccccc3C(F)(F)F)cc2)=C2N=C(C(Cl)=C2Cl)C=4c2ccc(C(=O)Oc3ccccc3C(F)(F)F)cc2)cc1. The highest BCUT2D eigenvalue weighted by atomic mass is 35.5. The Bertz CT molecular complexity index is 5350. The number of aliphatic imine (C=N–C) groups is 2. The van der Waals surface area contributed by atoms with E-state index in [4.69, 9.17) is 75.3 Å². The van der Waals surface area contributed by atoms with Crippen LogP contribution < -0.4 is 35.2 Å². The molecule has 0 amide bonds. The maximum absolute atomic E-state index is 14.1. The number of carbonyl (C=O) groups excluding carboxylic acids is 4. The van der Waals surface area contributed by atoms with Gasteiger partial charge in [-0.2, -0.15) is 52.7 Å². The van der Waals surface area contributed by atoms with E-state index in [0.29, 0.717) is 0 Å². The molecule has 105 heavy (non-hydrogen) atoms. The van der Waals surface area contributed by atoms with Crippen LogP contribution in [0.4, 0.5) is 52.7 Å². The number of nitrogens with zero attached hydrogens (tertiary/aromatic N) is 4. The van der Waals surface area contributed by atoms with E-state index in [0.717, 1.165) is 72.8 Å². The van der Waals surface area contributed by atoms with Gasteiger partial charge in [-0.1, -0.05) is 143 Å². The number of esters is 4. The Labute approximate surface area is 603 Å². The van der Waals surface area contributed by atoms with Crippen molar-refractivity contribution in [3.63, 3.8) is 0 Å². The van der Waals surface area contributed by atoms with Crippen molar-refractivity contribution in [2.24, 2.45) is 9.98 Å². The van der Waals surface area contributed by atoms with Crippen molar-refractivity contribution < 1.29 is 90.8 Å². The molecule has 13 nitrogen and oxygen atoms in total. The maximum Gasteiger partial charge on any atom is 0.419 e. The summed E-state index contributed by atoms with van der Waals surface area (Å²) in [5.74, 6) is -7.93. The van der Waals surface area contributed by atoms with Gasteiger partial charge in [0.1, 0.15) is 23.0 Å². The smallest absolute Gasteiger partial charge is 0.419 e. The summed E-state index contributed by atoms with van der Waals surface area (Å²) >= 11 is 29.8. The second kappa shape index (κ2) is 26.9. The summed E-state index contributed by atoms with van der Waals surface area (Å²) in [6.45, 7) is 0. The number of alkyl halides is 12. The largest absolute Gasteiger partial charge is 0.422 e. The second-order valence-electron chi connectivity index (χ2n) is 23.2. The number of hydrogen-bond donors (Lipinski definition) is 1. The number of rotatable bonds is 12. The fourth-order valence-corrected chi connectivity index (χ4v) is 12.9. The van der Waals surface area contributed by atoms with Gasteiger partial charge >= 0.3 is 48.6 Å². The summed E-state index contributed by atoms with van der Waals surface area (Å²) in [6.07, 6.45) is -19.7. The minimum Gasteiger partial charge on any atom is -0.422 e. The van der Waals surface area contributed by atoms with E-state index in [1.54, 1.807) is 24.3 Å². The van der Waals surface area contributed by atoms with Crippen LogP contribution in [0.25, 0.3) is 22.3 Å². The molecular formula is C76H37Cl4F12N5O8. The number of benzene rings is 8. The van der Waals surface area contributed by atoms with Gasteiger partial charge in [0.25, 0.3) is 0 Å². The summed E-state index contributed by atoms with van der Waals surface area (Å²) in [7, 11) is 0. The molecule has 526 valence electrons. The Kier molecular flexibility index (Phi) is 18.0. The third-order valence-corrected chi connectivity index (χ3v) is 18.5. The molecule has 14 rings (SSSR count). The Hall–Kier alpha value is -11.6. The fourth-order valence-electron chi connectivity index (χ4n) is 12.0. The lowest BCUT2D eigenvalue weighted by Gasteiger charge is -2.24. The van der Waals surface area contributed by atoms with Crippen LogP contribution in [0.15, 0.2) is 260 Å². The van der Waals surface area contributed by atoms with Gasteiger partial charge in [0.2, 0.25) is 0 Å². The van der Waals surface area contributed by atoms with E-state index >= 15 is 0 Å². The molecule has 0 saturated carbocycles. The number of nitrogens with one attached hydrogen (secondary N) is 1. The summed E-state index contributed by atoms with van der Waals surface area (Å²) in [6, 6.07) is 43.9. The number of carbonyl (C=O) groups is 4. The zero-order valence-corrected chi connectivity index (χ0v) is 55.4. The van der Waals surface area contributed by atoms with Gasteiger partial charge in [-0.25, -0.2) is 44.0 Å². The molecule has 6 bridgehead atoms. The standard InChI is InChI=1S/C76H37Cl4F12N5O8/c77-61-62(78)66-59(39-21-29-43(30-22-39)71(100)104-55-15-7-3-11-47(55)75(87,88)89)51-35-36-52-60(40-23-31-44(32-24-40)72(101)105-56-16-8-4-12-48(56)76(90,91)92)68-64(80)63(79)67(94-68)58(38-19-27-42(28-20-38)70(99)103-54-14-6-2-10-46(54)74(84,85)86)50-34-33-49(96(50)95-97(51)52)57(65(61)93-66)37-17-25-41(26-18-37)69(98)102-53-13-5-1-9-45(53)73(81,82)83/h1-36,95H. The van der Waals surface area contributed by atoms with Crippen molar-refractivity contribution in [2.45, 2.75) is 24.7 Å². The number of aromatic nitrogens is 2. The minimum atomic E-state index is -4.92. The Morgan fingerprint density at radius 1 is 0.305 bits per heavy atom. The van der Waals surface area contributed by atoms with Crippen molar-refractivity contribution >= 4 is 104 Å². The molecule has 0 saturated heterocycles. The number of hydrogen-bond acceptors (Lipinski definition) is 11. The van der Waals surface area contributed by atoms with E-state index in [9.17, 15) is 71.9 Å². The quantitative estimate of drug-likeness (QED) is 0.0716. The van der Waals surface area contributed by atoms with Crippen LogP contribution >= 0.6 is 46.4 Å². The van der Waals surface area contributed by atoms with E-state index in [1.165, 1.54) is 131 Å². The zero-order valence-electron chi connectivity index (χ0n) is 52.4. The molecule has 10 aromatic rings. The van der Waals surface area contributed by atoms with Gasteiger partial charge in [-0.3, -0.25) is 0 Å². The Balaban J connectivity index is 1.01. The highest BCUT2D eigenvalue weighted by molar-refractivity contribution is 6.59. The molecule has 4 aliphatic heterocycles. The Morgan fingerprint density at radius 2 is 0.552 bits per heavy atom. The number of fused-ring (bicyclic) bond motifs is 2. The van der Waals surface area contributed by atoms with Gasteiger partial charge in [-0.05, 0) is 144 Å². The lowest BCUT2D eigenvalue weighted by Crippen LogP contribution is -2.42. The predicted octanol–water partition coefficient (Wildman–Crippen LogP) is 18.5. The van der Waals surface area contributed by atoms with Crippen LogP contribution in [0, 0.1) is 0 Å². The lowest BCUT2D eigenvalue weighted by atomic mass is 9.98. The summed E-state index contributed by atoms with van der Waals surface area (Å²) < 4.78 is 194. The van der Waals surface area contributed by atoms with Crippen molar-refractivity contribution in [1.82, 2.24) is 9.35 Å². The predicted molar refractivity (Wildman–Crippen MR) is 364 cm³/mol. The Morgan fingerprint density at radius 3 is 0.810 bits per heavy atom. The molecule has 0 aliphatic carbocycles. The number of ether oxygens (including phenoxy) is 4. The van der Waals surface area contributed by atoms with Gasteiger partial charge < -0.3 is 18.9 Å². The first-order valence-corrected chi connectivity index (χ1v) is 32.1. The summed E-state index contributed by atoms with van der Waals surface area (Å²) in [5, 5.41) is -0.548. The topological polar surface area (TPSA) is 152 Å². The average molecular weight is 1520 g/mol. The fraction of sp³-hybridized carbons (Fsp3) is 0.0526. The van der Waals surface area contributed by atoms with Gasteiger partial charge in [0, 0.05) is 22.3 Å². The van der Waals surface area contributed by atoms with Crippen LogP contribution in [0.5, 0.6) is 23.0 Å². The summed E-state index contributed by atoms with van der Waals surface area (Å²) in [5.41, 5.74) is -1.20. The normalized spacial score (nSPS) is 14.4. The van der Waals surface area contributed by atoms with Gasteiger partial charge in [0.15, 0.2) is 0 Å². The molecule has 6 heterocycles. The molecule has 1 N–H and O–H groups in total. The number of para-hydroxylation sites is 4. The lowest BCUT2D eigenvalue weighted by molar-refractivity contribution is -0.139. The molecule has 4 aliphatic rings.